The lowest BCUT2D eigenvalue weighted by molar-refractivity contribution is -0.144. The van der Waals surface area contributed by atoms with E-state index in [2.05, 4.69) is 16.0 Å². The van der Waals surface area contributed by atoms with Gasteiger partial charge in [-0.3, -0.25) is 24.6 Å². The van der Waals surface area contributed by atoms with Crippen LogP contribution in [0, 0.1) is 11.3 Å². The maximum Gasteiger partial charge on any atom is 0.326 e. The van der Waals surface area contributed by atoms with Gasteiger partial charge in [-0.2, -0.15) is 0 Å². The molecule has 0 saturated carbocycles. The Labute approximate surface area is 184 Å². The van der Waals surface area contributed by atoms with Gasteiger partial charge in [0.05, 0.1) is 6.42 Å². The number of benzene rings is 1. The molecule has 0 spiro atoms. The van der Waals surface area contributed by atoms with Crippen LogP contribution in [0.3, 0.4) is 0 Å². The number of carbonyl (C=O) groups excluding carboxylic acids is 3. The van der Waals surface area contributed by atoms with Gasteiger partial charge in [0, 0.05) is 11.1 Å². The van der Waals surface area contributed by atoms with Gasteiger partial charge in [-0.1, -0.05) is 26.0 Å². The lowest BCUT2D eigenvalue weighted by atomic mass is 10.0. The number of nitrogens with two attached hydrogens (primary N) is 1. The zero-order valence-electron chi connectivity index (χ0n) is 17.8. The van der Waals surface area contributed by atoms with E-state index < -0.39 is 60.1 Å². The molecular weight excluding hydrogens is 422 g/mol. The Bertz CT molecular complexity index is 898. The van der Waals surface area contributed by atoms with Crippen LogP contribution < -0.4 is 21.7 Å². The monoisotopic (exact) mass is 449 g/mol. The van der Waals surface area contributed by atoms with Crippen LogP contribution in [-0.2, 0) is 19.2 Å². The van der Waals surface area contributed by atoms with Crippen LogP contribution in [-0.4, -0.2) is 63.8 Å². The van der Waals surface area contributed by atoms with Crippen LogP contribution in [0.5, 0.6) is 0 Å². The summed E-state index contributed by atoms with van der Waals surface area (Å²) in [7, 11) is 0. The van der Waals surface area contributed by atoms with Gasteiger partial charge in [0.25, 0.3) is 5.91 Å². The number of rotatable bonds is 11. The fourth-order valence-corrected chi connectivity index (χ4v) is 2.59. The van der Waals surface area contributed by atoms with Gasteiger partial charge in [-0.15, -0.1) is 0 Å². The highest BCUT2D eigenvalue weighted by molar-refractivity contribution is 6.00. The number of aliphatic carboxylic acids is 2. The van der Waals surface area contributed by atoms with Crippen molar-refractivity contribution >= 4 is 35.5 Å². The lowest BCUT2D eigenvalue weighted by Crippen LogP contribution is -2.56. The molecule has 0 aliphatic rings. The van der Waals surface area contributed by atoms with E-state index in [-0.39, 0.29) is 11.4 Å². The molecule has 0 bridgehead atoms. The molecule has 8 N–H and O–H groups in total. The average molecular weight is 449 g/mol. The van der Waals surface area contributed by atoms with Gasteiger partial charge in [-0.25, -0.2) is 4.79 Å². The summed E-state index contributed by atoms with van der Waals surface area (Å²) in [6.45, 7) is 4.45. The van der Waals surface area contributed by atoms with Crippen LogP contribution in [0.25, 0.3) is 0 Å². The van der Waals surface area contributed by atoms with Crippen LogP contribution in [0.15, 0.2) is 24.3 Å². The second kappa shape index (κ2) is 11.4. The first-order valence-electron chi connectivity index (χ1n) is 9.64. The van der Waals surface area contributed by atoms with Crippen molar-refractivity contribution in [2.24, 2.45) is 11.7 Å². The third-order valence-electron chi connectivity index (χ3n) is 4.44. The minimum atomic E-state index is -1.55. The van der Waals surface area contributed by atoms with Crippen molar-refractivity contribution in [2.75, 3.05) is 0 Å². The number of hydrogen-bond acceptors (Lipinski definition) is 6. The summed E-state index contributed by atoms with van der Waals surface area (Å²) in [6, 6.07) is 1.79. The third kappa shape index (κ3) is 7.70. The van der Waals surface area contributed by atoms with Gasteiger partial charge in [0.1, 0.15) is 24.0 Å². The second-order valence-corrected chi connectivity index (χ2v) is 7.41. The summed E-state index contributed by atoms with van der Waals surface area (Å²) in [4.78, 5) is 59.6. The number of amides is 3. The quantitative estimate of drug-likeness (QED) is 0.169. The third-order valence-corrected chi connectivity index (χ3v) is 4.44. The van der Waals surface area contributed by atoms with E-state index in [1.165, 1.54) is 31.2 Å². The SMILES string of the molecule is CC(C)[C@H](NC(=O)[C@H](CC(=O)O)NC(=O)[C@H](C)NC(=O)c1ccc(C(=N)N)cc1)C(=O)O. The Morgan fingerprint density at radius 2 is 1.44 bits per heavy atom. The Balaban J connectivity index is 2.84. The summed E-state index contributed by atoms with van der Waals surface area (Å²) in [5.41, 5.74) is 5.95. The van der Waals surface area contributed by atoms with E-state index in [9.17, 15) is 29.1 Å². The first-order valence-corrected chi connectivity index (χ1v) is 9.64. The summed E-state index contributed by atoms with van der Waals surface area (Å²) in [5.74, 6) is -5.76. The number of nitrogens with one attached hydrogen (secondary N) is 4. The summed E-state index contributed by atoms with van der Waals surface area (Å²) in [6.07, 6.45) is -0.783. The standard InChI is InChI=1S/C20H27N5O7/c1-9(2)15(20(31)32)25-19(30)13(8-14(26)27)24-17(28)10(3)23-18(29)12-6-4-11(5-7-12)16(21)22/h4-7,9-10,13,15H,8H2,1-3H3,(H3,21,22)(H,23,29)(H,24,28)(H,25,30)(H,26,27)(H,31,32)/t10-,13-,15-/m0/s1. The van der Waals surface area contributed by atoms with Gasteiger partial charge in [0.2, 0.25) is 11.8 Å². The Kier molecular flexibility index (Phi) is 9.32. The number of carbonyl (C=O) groups is 5. The molecule has 12 heteroatoms. The molecule has 0 aliphatic carbocycles. The van der Waals surface area contributed by atoms with Crippen LogP contribution in [0.2, 0.25) is 0 Å². The normalized spacial score (nSPS) is 13.4. The smallest absolute Gasteiger partial charge is 0.326 e. The van der Waals surface area contributed by atoms with Gasteiger partial charge >= 0.3 is 11.9 Å². The molecule has 1 aromatic rings. The van der Waals surface area contributed by atoms with Gasteiger partial charge in [-0.05, 0) is 25.0 Å². The van der Waals surface area contributed by atoms with Crippen molar-refractivity contribution in [3.8, 4) is 0 Å². The highest BCUT2D eigenvalue weighted by Crippen LogP contribution is 2.06. The molecule has 0 unspecified atom stereocenters. The van der Waals surface area contributed by atoms with Crippen molar-refractivity contribution < 1.29 is 34.2 Å². The number of carboxylic acid groups (broad SMARTS) is 2. The molecule has 0 aliphatic heterocycles. The van der Waals surface area contributed by atoms with Crippen molar-refractivity contribution in [3.05, 3.63) is 35.4 Å². The molecule has 1 aromatic carbocycles. The molecule has 3 atom stereocenters. The van der Waals surface area contributed by atoms with Crippen LogP contribution in [0.1, 0.15) is 43.1 Å². The molecule has 12 nitrogen and oxygen atoms in total. The molecule has 0 fully saturated rings. The van der Waals surface area contributed by atoms with E-state index in [1.54, 1.807) is 13.8 Å². The van der Waals surface area contributed by atoms with Crippen molar-refractivity contribution in [1.29, 1.82) is 5.41 Å². The van der Waals surface area contributed by atoms with Gasteiger partial charge < -0.3 is 31.9 Å². The predicted octanol–water partition coefficient (Wildman–Crippen LogP) is -0.726. The molecule has 0 heterocycles. The molecular formula is C20H27N5O7. The molecule has 0 radical (unpaired) electrons. The number of nitrogen functional groups attached to an aromatic ring is 1. The largest absolute Gasteiger partial charge is 0.481 e. The van der Waals surface area contributed by atoms with Crippen LogP contribution in [0.4, 0.5) is 0 Å². The minimum Gasteiger partial charge on any atom is -0.481 e. The topological polar surface area (TPSA) is 212 Å². The maximum atomic E-state index is 12.4. The molecule has 174 valence electrons. The predicted molar refractivity (Wildman–Crippen MR) is 113 cm³/mol. The lowest BCUT2D eigenvalue weighted by Gasteiger charge is -2.23. The highest BCUT2D eigenvalue weighted by Gasteiger charge is 2.31. The summed E-state index contributed by atoms with van der Waals surface area (Å²) in [5, 5.41) is 32.4. The zero-order chi connectivity index (χ0) is 24.6. The fourth-order valence-electron chi connectivity index (χ4n) is 2.59. The number of amidine groups is 1. The van der Waals surface area contributed by atoms with E-state index in [4.69, 9.17) is 16.2 Å². The Morgan fingerprint density at radius 3 is 1.88 bits per heavy atom. The van der Waals surface area contributed by atoms with Gasteiger partial charge in [0.15, 0.2) is 0 Å². The molecule has 3 amide bonds. The molecule has 1 rings (SSSR count). The molecule has 0 saturated heterocycles. The first kappa shape index (κ1) is 26.1. The van der Waals surface area contributed by atoms with Crippen molar-refractivity contribution in [1.82, 2.24) is 16.0 Å². The fraction of sp³-hybridized carbons (Fsp3) is 0.400. The Hall–Kier alpha value is -3.96. The van der Waals surface area contributed by atoms with Crippen molar-refractivity contribution in [2.45, 2.75) is 45.3 Å². The van der Waals surface area contributed by atoms with E-state index >= 15 is 0 Å². The minimum absolute atomic E-state index is 0.171. The zero-order valence-corrected chi connectivity index (χ0v) is 17.8. The molecule has 0 aromatic heterocycles. The maximum absolute atomic E-state index is 12.4. The molecule has 32 heavy (non-hydrogen) atoms. The number of carboxylic acids is 2. The first-order chi connectivity index (χ1) is 14.8. The van der Waals surface area contributed by atoms with E-state index in [1.807, 2.05) is 0 Å². The Morgan fingerprint density at radius 1 is 0.906 bits per heavy atom. The van der Waals surface area contributed by atoms with E-state index in [0.717, 1.165) is 0 Å². The van der Waals surface area contributed by atoms with Crippen LogP contribution >= 0.6 is 0 Å². The summed E-state index contributed by atoms with van der Waals surface area (Å²) >= 11 is 0. The average Bonchev–Trinajstić information content (AvgIpc) is 2.70. The van der Waals surface area contributed by atoms with Crippen molar-refractivity contribution in [3.63, 3.8) is 0 Å². The highest BCUT2D eigenvalue weighted by atomic mass is 16.4. The van der Waals surface area contributed by atoms with E-state index in [0.29, 0.717) is 5.56 Å². The summed E-state index contributed by atoms with van der Waals surface area (Å²) < 4.78 is 0. The number of hydrogen-bond donors (Lipinski definition) is 7. The second-order valence-electron chi connectivity index (χ2n) is 7.41.